The molecule has 2 heteroatoms. The Kier molecular flexibility index (Phi) is 2.19. The summed E-state index contributed by atoms with van der Waals surface area (Å²) in [5.41, 5.74) is 0.216. The Morgan fingerprint density at radius 1 is 1.33 bits per heavy atom. The quantitative estimate of drug-likeness (QED) is 0.619. The van der Waals surface area contributed by atoms with E-state index < -0.39 is 0 Å². The van der Waals surface area contributed by atoms with Crippen LogP contribution in [0.15, 0.2) is 3.34 Å². The van der Waals surface area contributed by atoms with Crippen LogP contribution in [0.3, 0.4) is 0 Å². The van der Waals surface area contributed by atoms with Crippen molar-refractivity contribution < 1.29 is 20.9 Å². The normalized spacial score (nSPS) is 11.0. The number of hydrogen-bond donors (Lipinski definition) is 0. The van der Waals surface area contributed by atoms with E-state index in [9.17, 15) is 0 Å². The number of rotatable bonds is 0. The molecule has 0 aromatic carbocycles. The number of hydrogen-bond acceptors (Lipinski definition) is 1. The molecule has 0 unspecified atom stereocenters. The van der Waals surface area contributed by atoms with Gasteiger partial charge in [0.05, 0.1) is 0 Å². The van der Waals surface area contributed by atoms with Crippen molar-refractivity contribution in [1.29, 1.82) is 0 Å². The zero-order chi connectivity index (χ0) is 5.21. The molecule has 0 aromatic rings. The zero-order valence-electron chi connectivity index (χ0n) is 4.39. The molecule has 0 fully saturated rings. The van der Waals surface area contributed by atoms with Crippen LogP contribution in [0, 0.1) is 0 Å². The van der Waals surface area contributed by atoms with Crippen LogP contribution in [-0.4, -0.2) is 5.54 Å². The van der Waals surface area contributed by atoms with Crippen molar-refractivity contribution in [2.45, 2.75) is 26.3 Å². The first kappa shape index (κ1) is 6.54. The maximum atomic E-state index is 4.13. The summed E-state index contributed by atoms with van der Waals surface area (Å²) in [4.78, 5) is 0. The average Bonchev–Trinajstić information content (AvgIpc) is 1.35. The third-order valence-corrected chi connectivity index (χ3v) is 2.46. The van der Waals surface area contributed by atoms with E-state index in [-0.39, 0.29) is 5.54 Å². The average molecular weight is 252 g/mol. The third-order valence-electron chi connectivity index (χ3n) is 0.300. The third kappa shape index (κ3) is 4.54. The van der Waals surface area contributed by atoms with Crippen molar-refractivity contribution >= 4 is 0 Å². The second-order valence-corrected chi connectivity index (χ2v) is 2.99. The van der Waals surface area contributed by atoms with Crippen molar-refractivity contribution in [2.75, 3.05) is 0 Å². The summed E-state index contributed by atoms with van der Waals surface area (Å²) in [6.45, 7) is 6.31. The van der Waals surface area contributed by atoms with Gasteiger partial charge < -0.3 is 0 Å². The van der Waals surface area contributed by atoms with Crippen LogP contribution in [0.4, 0.5) is 0 Å². The predicted octanol–water partition coefficient (Wildman–Crippen LogP) is 1.52. The molecule has 0 bridgehead atoms. The fraction of sp³-hybridized carbons (Fsp3) is 1.00. The minimum absolute atomic E-state index is 0.216. The van der Waals surface area contributed by atoms with E-state index >= 15 is 0 Å². The number of nitrogens with zero attached hydrogens (tertiary/aromatic N) is 1. The summed E-state index contributed by atoms with van der Waals surface area (Å²) in [5, 5.41) is 0. The standard InChI is InChI=1S/C4H9N.Ta/c1-4(2,3)5;/h1-3H3;. The van der Waals surface area contributed by atoms with Gasteiger partial charge in [-0.05, 0) is 0 Å². The van der Waals surface area contributed by atoms with E-state index in [4.69, 9.17) is 0 Å². The zero-order valence-corrected chi connectivity index (χ0v) is 7.61. The molecule has 0 amide bonds. The Balaban J connectivity index is 3.45. The van der Waals surface area contributed by atoms with Gasteiger partial charge in [-0.15, -0.1) is 0 Å². The Bertz CT molecular complexity index is 53.1. The van der Waals surface area contributed by atoms with E-state index in [0.29, 0.717) is 0 Å². The Morgan fingerprint density at radius 2 is 1.50 bits per heavy atom. The molecule has 0 spiro atoms. The van der Waals surface area contributed by atoms with Gasteiger partial charge >= 0.3 is 50.5 Å². The molecule has 0 aliphatic carbocycles. The van der Waals surface area contributed by atoms with Crippen LogP contribution < -0.4 is 0 Å². The van der Waals surface area contributed by atoms with Crippen molar-refractivity contribution in [1.82, 2.24) is 0 Å². The molecule has 0 aliphatic heterocycles. The van der Waals surface area contributed by atoms with Gasteiger partial charge in [0, 0.05) is 0 Å². The Hall–Kier alpha value is 0.540. The van der Waals surface area contributed by atoms with E-state index in [0.717, 1.165) is 20.9 Å². The van der Waals surface area contributed by atoms with Gasteiger partial charge in [-0.1, -0.05) is 0 Å². The van der Waals surface area contributed by atoms with Crippen molar-refractivity contribution in [2.24, 2.45) is 3.34 Å². The van der Waals surface area contributed by atoms with Crippen LogP contribution in [0.25, 0.3) is 0 Å². The predicted molar refractivity (Wildman–Crippen MR) is 22.2 cm³/mol. The van der Waals surface area contributed by atoms with Crippen LogP contribution in [0.2, 0.25) is 0 Å². The molecule has 0 aromatic heterocycles. The molecular weight excluding hydrogens is 243 g/mol. The molecule has 0 radical (unpaired) electrons. The van der Waals surface area contributed by atoms with Gasteiger partial charge in [0.15, 0.2) is 0 Å². The summed E-state index contributed by atoms with van der Waals surface area (Å²) >= 11 is 1.15. The van der Waals surface area contributed by atoms with Gasteiger partial charge in [0.2, 0.25) is 0 Å². The molecule has 35 valence electrons. The monoisotopic (exact) mass is 252 g/mol. The molecule has 0 saturated carbocycles. The molecular formula is C4H9NTa. The van der Waals surface area contributed by atoms with Gasteiger partial charge in [-0.2, -0.15) is 0 Å². The molecule has 0 saturated heterocycles. The summed E-state index contributed by atoms with van der Waals surface area (Å²) in [6.07, 6.45) is 0. The van der Waals surface area contributed by atoms with Crippen LogP contribution >= 0.6 is 0 Å². The summed E-state index contributed by atoms with van der Waals surface area (Å²) in [7, 11) is 0. The molecule has 1 nitrogen and oxygen atoms in total. The molecule has 0 heterocycles. The first-order chi connectivity index (χ1) is 2.56. The van der Waals surface area contributed by atoms with Gasteiger partial charge in [-0.3, -0.25) is 0 Å². The summed E-state index contributed by atoms with van der Waals surface area (Å²) < 4.78 is 4.13. The maximum absolute atomic E-state index is 4.13. The fourth-order valence-electron chi connectivity index (χ4n) is 0. The second-order valence-electron chi connectivity index (χ2n) is 2.27. The summed E-state index contributed by atoms with van der Waals surface area (Å²) in [6, 6.07) is 0. The van der Waals surface area contributed by atoms with E-state index in [1.165, 1.54) is 0 Å². The topological polar surface area (TPSA) is 12.4 Å². The molecule has 0 aliphatic rings. The SMILES string of the molecule is CC(C)(C)[N]=[Ta]. The van der Waals surface area contributed by atoms with Gasteiger partial charge in [-0.25, -0.2) is 0 Å². The molecule has 0 N–H and O–H groups in total. The molecule has 0 rings (SSSR count). The Morgan fingerprint density at radius 3 is 1.50 bits per heavy atom. The van der Waals surface area contributed by atoms with Crippen molar-refractivity contribution in [3.8, 4) is 0 Å². The summed E-state index contributed by atoms with van der Waals surface area (Å²) in [5.74, 6) is 0. The van der Waals surface area contributed by atoms with Crippen LogP contribution in [-0.2, 0) is 20.9 Å². The van der Waals surface area contributed by atoms with Crippen LogP contribution in [0.1, 0.15) is 20.8 Å². The van der Waals surface area contributed by atoms with Gasteiger partial charge in [0.25, 0.3) is 0 Å². The first-order valence-electron chi connectivity index (χ1n) is 1.92. The van der Waals surface area contributed by atoms with E-state index in [1.54, 1.807) is 0 Å². The van der Waals surface area contributed by atoms with Crippen molar-refractivity contribution in [3.63, 3.8) is 0 Å². The minimum atomic E-state index is 0.216. The fourth-order valence-corrected chi connectivity index (χ4v) is 0. The Labute approximate surface area is 50.9 Å². The molecule has 6 heavy (non-hydrogen) atoms. The molecule has 0 atom stereocenters. The van der Waals surface area contributed by atoms with Gasteiger partial charge in [0.1, 0.15) is 0 Å². The van der Waals surface area contributed by atoms with E-state index in [2.05, 4.69) is 24.1 Å². The first-order valence-corrected chi connectivity index (χ1v) is 3.36. The van der Waals surface area contributed by atoms with Crippen molar-refractivity contribution in [3.05, 3.63) is 0 Å². The van der Waals surface area contributed by atoms with E-state index in [1.807, 2.05) is 0 Å². The van der Waals surface area contributed by atoms with Crippen LogP contribution in [0.5, 0.6) is 0 Å². The second kappa shape index (κ2) is 2.01.